The van der Waals surface area contributed by atoms with E-state index in [9.17, 15) is 4.79 Å². The highest BCUT2D eigenvalue weighted by molar-refractivity contribution is 9.08. The summed E-state index contributed by atoms with van der Waals surface area (Å²) in [7, 11) is 0. The van der Waals surface area contributed by atoms with Crippen molar-refractivity contribution in [3.05, 3.63) is 70.8 Å². The monoisotopic (exact) mass is 345 g/mol. The highest BCUT2D eigenvalue weighted by Crippen LogP contribution is 2.15. The van der Waals surface area contributed by atoms with Gasteiger partial charge in [-0.2, -0.15) is 0 Å². The molecule has 1 N–H and O–H groups in total. The van der Waals surface area contributed by atoms with Gasteiger partial charge in [-0.1, -0.05) is 66.2 Å². The van der Waals surface area contributed by atoms with Crippen molar-refractivity contribution >= 4 is 21.8 Å². The molecule has 3 heteroatoms. The summed E-state index contributed by atoms with van der Waals surface area (Å²) < 4.78 is 0. The van der Waals surface area contributed by atoms with Gasteiger partial charge in [-0.25, -0.2) is 0 Å². The highest BCUT2D eigenvalue weighted by Gasteiger charge is 2.06. The van der Waals surface area contributed by atoms with Crippen LogP contribution in [0.5, 0.6) is 0 Å². The Labute approximate surface area is 134 Å². The lowest BCUT2D eigenvalue weighted by Gasteiger charge is -2.08. The second kappa shape index (κ2) is 7.41. The third-order valence-electron chi connectivity index (χ3n) is 3.44. The van der Waals surface area contributed by atoms with Crippen LogP contribution in [-0.4, -0.2) is 5.91 Å². The van der Waals surface area contributed by atoms with Crippen molar-refractivity contribution in [2.75, 3.05) is 0 Å². The second-order valence-corrected chi connectivity index (χ2v) is 5.97. The molecule has 0 radical (unpaired) electrons. The van der Waals surface area contributed by atoms with Crippen LogP contribution in [0.3, 0.4) is 0 Å². The topological polar surface area (TPSA) is 29.1 Å². The Morgan fingerprint density at radius 1 is 1.10 bits per heavy atom. The van der Waals surface area contributed by atoms with Crippen LogP contribution in [0, 0.1) is 0 Å². The number of hydrogen-bond acceptors (Lipinski definition) is 1. The van der Waals surface area contributed by atoms with Crippen LogP contribution < -0.4 is 5.32 Å². The van der Waals surface area contributed by atoms with E-state index < -0.39 is 0 Å². The minimum atomic E-state index is -0.0328. The third-order valence-corrected chi connectivity index (χ3v) is 4.09. The van der Waals surface area contributed by atoms with Gasteiger partial charge in [0.1, 0.15) is 0 Å². The van der Waals surface area contributed by atoms with Gasteiger partial charge in [-0.05, 0) is 34.7 Å². The van der Waals surface area contributed by atoms with E-state index in [2.05, 4.69) is 47.2 Å². The molecule has 0 heterocycles. The molecule has 0 aromatic heterocycles. The molecule has 0 bridgehead atoms. The standard InChI is InChI=1S/C18H20BrNO/c1-13(2)16-6-8-17(9-7-16)18(21)20-12-15-5-3-4-14(10-15)11-19/h3-10,13H,11-12H2,1-2H3,(H,20,21). The van der Waals surface area contributed by atoms with Gasteiger partial charge in [0.05, 0.1) is 0 Å². The minimum Gasteiger partial charge on any atom is -0.348 e. The molecule has 0 aliphatic rings. The summed E-state index contributed by atoms with van der Waals surface area (Å²) in [5.74, 6) is 0.448. The predicted octanol–water partition coefficient (Wildman–Crippen LogP) is 4.63. The van der Waals surface area contributed by atoms with Gasteiger partial charge in [0, 0.05) is 17.4 Å². The lowest BCUT2D eigenvalue weighted by Crippen LogP contribution is -2.22. The fraction of sp³-hybridized carbons (Fsp3) is 0.278. The van der Waals surface area contributed by atoms with Crippen molar-refractivity contribution in [2.24, 2.45) is 0 Å². The van der Waals surface area contributed by atoms with E-state index in [0.717, 1.165) is 10.9 Å². The summed E-state index contributed by atoms with van der Waals surface area (Å²) in [5, 5.41) is 3.79. The first-order chi connectivity index (χ1) is 10.1. The van der Waals surface area contributed by atoms with Crippen molar-refractivity contribution in [1.29, 1.82) is 0 Å². The molecule has 2 rings (SSSR count). The Balaban J connectivity index is 1.97. The van der Waals surface area contributed by atoms with Crippen molar-refractivity contribution < 1.29 is 4.79 Å². The second-order valence-electron chi connectivity index (χ2n) is 5.41. The fourth-order valence-electron chi connectivity index (χ4n) is 2.13. The first-order valence-corrected chi connectivity index (χ1v) is 8.24. The molecule has 0 fully saturated rings. The van der Waals surface area contributed by atoms with Crippen LogP contribution in [0.4, 0.5) is 0 Å². The Morgan fingerprint density at radius 2 is 1.76 bits per heavy atom. The van der Waals surface area contributed by atoms with Crippen LogP contribution >= 0.6 is 15.9 Å². The quantitative estimate of drug-likeness (QED) is 0.786. The average Bonchev–Trinajstić information content (AvgIpc) is 2.53. The predicted molar refractivity (Wildman–Crippen MR) is 90.8 cm³/mol. The smallest absolute Gasteiger partial charge is 0.251 e. The summed E-state index contributed by atoms with van der Waals surface area (Å²) >= 11 is 3.44. The molecule has 0 unspecified atom stereocenters. The van der Waals surface area contributed by atoms with E-state index in [0.29, 0.717) is 18.0 Å². The van der Waals surface area contributed by atoms with Crippen LogP contribution in [-0.2, 0) is 11.9 Å². The Kier molecular flexibility index (Phi) is 5.57. The molecule has 1 amide bonds. The average molecular weight is 346 g/mol. The highest BCUT2D eigenvalue weighted by atomic mass is 79.9. The van der Waals surface area contributed by atoms with Crippen molar-refractivity contribution in [1.82, 2.24) is 5.32 Å². The number of rotatable bonds is 5. The largest absolute Gasteiger partial charge is 0.348 e. The zero-order valence-electron chi connectivity index (χ0n) is 12.4. The molecule has 21 heavy (non-hydrogen) atoms. The molecule has 0 aliphatic heterocycles. The summed E-state index contributed by atoms with van der Waals surface area (Å²) in [5.41, 5.74) is 4.27. The molecule has 110 valence electrons. The van der Waals surface area contributed by atoms with E-state index in [4.69, 9.17) is 0 Å². The zero-order chi connectivity index (χ0) is 15.2. The van der Waals surface area contributed by atoms with Gasteiger partial charge < -0.3 is 5.32 Å². The van der Waals surface area contributed by atoms with Gasteiger partial charge in [0.25, 0.3) is 5.91 Å². The fourth-order valence-corrected chi connectivity index (χ4v) is 2.48. The van der Waals surface area contributed by atoms with Crippen LogP contribution in [0.1, 0.15) is 46.8 Å². The first-order valence-electron chi connectivity index (χ1n) is 7.12. The Morgan fingerprint density at radius 3 is 2.38 bits per heavy atom. The molecule has 0 saturated carbocycles. The number of carbonyl (C=O) groups excluding carboxylic acids is 1. The number of carbonyl (C=O) groups is 1. The molecular formula is C18H20BrNO. The summed E-state index contributed by atoms with van der Waals surface area (Å²) in [6, 6.07) is 16.0. The maximum atomic E-state index is 12.1. The first kappa shape index (κ1) is 15.8. The zero-order valence-corrected chi connectivity index (χ0v) is 14.0. The van der Waals surface area contributed by atoms with Gasteiger partial charge >= 0.3 is 0 Å². The van der Waals surface area contributed by atoms with Crippen molar-refractivity contribution in [3.8, 4) is 0 Å². The number of hydrogen-bond donors (Lipinski definition) is 1. The number of nitrogens with one attached hydrogen (secondary N) is 1. The van der Waals surface area contributed by atoms with E-state index in [-0.39, 0.29) is 5.91 Å². The molecule has 2 aromatic rings. The van der Waals surface area contributed by atoms with Gasteiger partial charge in [0.2, 0.25) is 0 Å². The minimum absolute atomic E-state index is 0.0328. The van der Waals surface area contributed by atoms with E-state index >= 15 is 0 Å². The lowest BCUT2D eigenvalue weighted by molar-refractivity contribution is 0.0951. The van der Waals surface area contributed by atoms with Crippen LogP contribution in [0.25, 0.3) is 0 Å². The molecule has 2 nitrogen and oxygen atoms in total. The lowest BCUT2D eigenvalue weighted by atomic mass is 10.0. The Bertz CT molecular complexity index is 605. The number of amides is 1. The van der Waals surface area contributed by atoms with Gasteiger partial charge in [-0.3, -0.25) is 4.79 Å². The molecule has 0 aliphatic carbocycles. The summed E-state index contributed by atoms with van der Waals surface area (Å²) in [6.07, 6.45) is 0. The number of benzene rings is 2. The van der Waals surface area contributed by atoms with E-state index in [1.165, 1.54) is 11.1 Å². The summed E-state index contributed by atoms with van der Waals surface area (Å²) in [6.45, 7) is 4.84. The molecular weight excluding hydrogens is 326 g/mol. The van der Waals surface area contributed by atoms with E-state index in [1.807, 2.05) is 36.4 Å². The molecule has 2 aromatic carbocycles. The Hall–Kier alpha value is -1.61. The van der Waals surface area contributed by atoms with Crippen LogP contribution in [0.2, 0.25) is 0 Å². The molecule has 0 saturated heterocycles. The third kappa shape index (κ3) is 4.43. The van der Waals surface area contributed by atoms with E-state index in [1.54, 1.807) is 0 Å². The van der Waals surface area contributed by atoms with Gasteiger partial charge in [0.15, 0.2) is 0 Å². The van der Waals surface area contributed by atoms with Crippen molar-refractivity contribution in [2.45, 2.75) is 31.6 Å². The van der Waals surface area contributed by atoms with Crippen molar-refractivity contribution in [3.63, 3.8) is 0 Å². The normalized spacial score (nSPS) is 10.7. The number of halogens is 1. The maximum absolute atomic E-state index is 12.1. The summed E-state index contributed by atoms with van der Waals surface area (Å²) in [4.78, 5) is 12.1. The molecule has 0 atom stereocenters. The molecule has 0 spiro atoms. The van der Waals surface area contributed by atoms with Crippen LogP contribution in [0.15, 0.2) is 48.5 Å². The van der Waals surface area contributed by atoms with Gasteiger partial charge in [-0.15, -0.1) is 0 Å². The number of alkyl halides is 1. The maximum Gasteiger partial charge on any atom is 0.251 e. The SMILES string of the molecule is CC(C)c1ccc(C(=O)NCc2cccc(CBr)c2)cc1.